The number of hydrogen-bond donors (Lipinski definition) is 4. The van der Waals surface area contributed by atoms with Crippen molar-refractivity contribution in [1.82, 2.24) is 29.4 Å². The second-order valence-electron chi connectivity index (χ2n) is 10.6. The molecule has 0 aliphatic carbocycles. The number of piperazine rings is 1. The Morgan fingerprint density at radius 1 is 1.19 bits per heavy atom. The van der Waals surface area contributed by atoms with Gasteiger partial charge in [0.15, 0.2) is 15.8 Å². The van der Waals surface area contributed by atoms with Crippen molar-refractivity contribution in [2.75, 3.05) is 52.5 Å². The first kappa shape index (κ1) is 29.3. The smallest absolute Gasteiger partial charge is 0.283 e. The van der Waals surface area contributed by atoms with E-state index in [4.69, 9.17) is 16.3 Å². The first-order valence-corrected chi connectivity index (χ1v) is 16.3. The van der Waals surface area contributed by atoms with Crippen LogP contribution >= 0.6 is 22.9 Å². The molecule has 6 rings (SSSR count). The summed E-state index contributed by atoms with van der Waals surface area (Å²) in [6.45, 7) is 1.98. The molecule has 2 amide bonds. The van der Waals surface area contributed by atoms with Crippen molar-refractivity contribution in [1.29, 1.82) is 0 Å². The molecule has 16 heteroatoms. The van der Waals surface area contributed by atoms with Gasteiger partial charge in [0.25, 0.3) is 15.9 Å². The fraction of sp³-hybridized carbons (Fsp3) is 0.500. The average Bonchev–Trinajstić information content (AvgIpc) is 3.58. The Bertz CT molecular complexity index is 1620. The topological polar surface area (TPSA) is 168 Å². The summed E-state index contributed by atoms with van der Waals surface area (Å²) in [5, 5.41) is 24.1. The summed E-state index contributed by atoms with van der Waals surface area (Å²) in [7, 11) is -4.23. The zero-order chi connectivity index (χ0) is 29.6. The molecule has 2 saturated heterocycles. The third-order valence-corrected chi connectivity index (χ3v) is 11.1. The standard InChI is InChI=1S/C26H31ClN6O7S2/c27-15-1-2-19-18(9-15)23(36)25(30-19)42(38,39)32-3-4-33(17(13-32)11-22(35)31-5-7-40-8-6-31)26(37)24-29-20-10-16(14-34)28-12-21(20)41-24/h1-2,9,16-17,28,30,34,36H,3-8,10-14H2. The molecule has 2 aromatic heterocycles. The zero-order valence-corrected chi connectivity index (χ0v) is 25.0. The van der Waals surface area contributed by atoms with Crippen LogP contribution in [0.5, 0.6) is 5.75 Å². The van der Waals surface area contributed by atoms with Crippen LogP contribution in [-0.2, 0) is 32.5 Å². The molecule has 0 bridgehead atoms. The number of thiazole rings is 1. The number of aromatic nitrogens is 2. The van der Waals surface area contributed by atoms with Gasteiger partial charge in [0, 0.05) is 73.4 Å². The van der Waals surface area contributed by atoms with Crippen LogP contribution in [-0.4, -0.2) is 119 Å². The zero-order valence-electron chi connectivity index (χ0n) is 22.6. The maximum Gasteiger partial charge on any atom is 0.283 e. The molecule has 42 heavy (non-hydrogen) atoms. The highest BCUT2D eigenvalue weighted by atomic mass is 35.5. The van der Waals surface area contributed by atoms with E-state index in [9.17, 15) is 28.2 Å². The summed E-state index contributed by atoms with van der Waals surface area (Å²) in [6.07, 6.45) is 0.422. The second kappa shape index (κ2) is 11.7. The normalized spacial score (nSPS) is 22.0. The lowest BCUT2D eigenvalue weighted by Gasteiger charge is -2.41. The van der Waals surface area contributed by atoms with Crippen LogP contribution in [0.2, 0.25) is 5.02 Å². The van der Waals surface area contributed by atoms with E-state index in [1.807, 2.05) is 0 Å². The monoisotopic (exact) mass is 638 g/mol. The third-order valence-electron chi connectivity index (χ3n) is 7.95. The molecule has 0 radical (unpaired) electrons. The number of H-pyrrole nitrogens is 1. The second-order valence-corrected chi connectivity index (χ2v) is 14.0. The van der Waals surface area contributed by atoms with Gasteiger partial charge in [-0.25, -0.2) is 13.4 Å². The third kappa shape index (κ3) is 5.50. The predicted octanol–water partition coefficient (Wildman–Crippen LogP) is 0.754. The minimum absolute atomic E-state index is 0.0354. The van der Waals surface area contributed by atoms with Gasteiger partial charge in [0.05, 0.1) is 37.1 Å². The fourth-order valence-corrected chi connectivity index (χ4v) is 8.35. The van der Waals surface area contributed by atoms with Crippen molar-refractivity contribution in [3.05, 3.63) is 38.8 Å². The average molecular weight is 639 g/mol. The van der Waals surface area contributed by atoms with Crippen LogP contribution in [0.25, 0.3) is 10.9 Å². The highest BCUT2D eigenvalue weighted by Gasteiger charge is 2.41. The van der Waals surface area contributed by atoms with Gasteiger partial charge in [0.1, 0.15) is 0 Å². The Morgan fingerprint density at radius 2 is 1.98 bits per heavy atom. The van der Waals surface area contributed by atoms with Gasteiger partial charge in [-0.2, -0.15) is 4.31 Å². The number of sulfonamides is 1. The molecular weight excluding hydrogens is 608 g/mol. The number of ether oxygens (including phenoxy) is 1. The van der Waals surface area contributed by atoms with Crippen LogP contribution in [0, 0.1) is 0 Å². The number of aromatic amines is 1. The van der Waals surface area contributed by atoms with Crippen LogP contribution < -0.4 is 5.32 Å². The lowest BCUT2D eigenvalue weighted by atomic mass is 10.1. The Hall–Kier alpha value is -2.79. The van der Waals surface area contributed by atoms with E-state index in [-0.39, 0.29) is 65.9 Å². The van der Waals surface area contributed by atoms with Crippen molar-refractivity contribution in [2.45, 2.75) is 36.5 Å². The number of halogens is 1. The summed E-state index contributed by atoms with van der Waals surface area (Å²) in [5.41, 5.74) is 1.17. The van der Waals surface area contributed by atoms with Crippen LogP contribution in [0.1, 0.15) is 26.8 Å². The number of aliphatic hydroxyl groups is 1. The Balaban J connectivity index is 1.28. The highest BCUT2D eigenvalue weighted by Crippen LogP contribution is 2.36. The maximum absolute atomic E-state index is 13.8. The van der Waals surface area contributed by atoms with E-state index >= 15 is 0 Å². The van der Waals surface area contributed by atoms with E-state index in [0.29, 0.717) is 49.8 Å². The number of rotatable bonds is 6. The lowest BCUT2D eigenvalue weighted by Crippen LogP contribution is -2.58. The number of aromatic hydroxyl groups is 1. The van der Waals surface area contributed by atoms with Crippen molar-refractivity contribution in [3.8, 4) is 5.75 Å². The number of aliphatic hydroxyl groups excluding tert-OH is 1. The molecule has 0 saturated carbocycles. The fourth-order valence-electron chi connectivity index (χ4n) is 5.64. The van der Waals surface area contributed by atoms with Crippen molar-refractivity contribution >= 4 is 55.7 Å². The number of nitrogens with one attached hydrogen (secondary N) is 2. The molecule has 1 aromatic carbocycles. The summed E-state index contributed by atoms with van der Waals surface area (Å²) < 4.78 is 34.1. The van der Waals surface area contributed by atoms with Gasteiger partial charge in [0.2, 0.25) is 5.91 Å². The number of fused-ring (bicyclic) bond motifs is 2. The molecule has 3 aliphatic rings. The van der Waals surface area contributed by atoms with E-state index in [1.165, 1.54) is 26.6 Å². The Labute approximate surface area is 251 Å². The molecule has 0 spiro atoms. The lowest BCUT2D eigenvalue weighted by molar-refractivity contribution is -0.136. The number of carbonyl (C=O) groups is 2. The van der Waals surface area contributed by atoms with Crippen molar-refractivity contribution in [2.24, 2.45) is 0 Å². The van der Waals surface area contributed by atoms with Crippen molar-refractivity contribution in [3.63, 3.8) is 0 Å². The van der Waals surface area contributed by atoms with E-state index < -0.39 is 21.8 Å². The molecule has 2 fully saturated rings. The Kier molecular flexibility index (Phi) is 8.17. The summed E-state index contributed by atoms with van der Waals surface area (Å²) >= 11 is 7.32. The minimum Gasteiger partial charge on any atom is -0.504 e. The van der Waals surface area contributed by atoms with Gasteiger partial charge < -0.3 is 35.1 Å². The largest absolute Gasteiger partial charge is 0.504 e. The molecule has 13 nitrogen and oxygen atoms in total. The van der Waals surface area contributed by atoms with Crippen LogP contribution in [0.4, 0.5) is 0 Å². The van der Waals surface area contributed by atoms with Gasteiger partial charge in [-0.1, -0.05) is 11.6 Å². The molecule has 3 aromatic rings. The van der Waals surface area contributed by atoms with E-state index in [2.05, 4.69) is 15.3 Å². The number of hydrogen-bond acceptors (Lipinski definition) is 10. The molecule has 3 aliphatic heterocycles. The quantitative estimate of drug-likeness (QED) is 0.305. The molecule has 226 valence electrons. The number of carbonyl (C=O) groups excluding carboxylic acids is 2. The number of amides is 2. The van der Waals surface area contributed by atoms with Gasteiger partial charge in [-0.05, 0) is 18.2 Å². The van der Waals surface area contributed by atoms with Gasteiger partial charge in [-0.3, -0.25) is 9.59 Å². The van der Waals surface area contributed by atoms with Gasteiger partial charge >= 0.3 is 0 Å². The molecule has 2 atom stereocenters. The summed E-state index contributed by atoms with van der Waals surface area (Å²) in [6, 6.07) is 3.76. The SMILES string of the molecule is O=C(CC1CN(S(=O)(=O)c2[nH]c3ccc(Cl)cc3c2O)CCN1C(=O)c1nc2c(s1)CNC(CO)C2)N1CCOCC1. The number of nitrogens with zero attached hydrogens (tertiary/aromatic N) is 4. The van der Waals surface area contributed by atoms with E-state index in [1.54, 1.807) is 17.0 Å². The number of benzene rings is 1. The van der Waals surface area contributed by atoms with Gasteiger partial charge in [-0.15, -0.1) is 11.3 Å². The number of morpholine rings is 1. The molecule has 2 unspecified atom stereocenters. The van der Waals surface area contributed by atoms with Crippen molar-refractivity contribution < 1.29 is 33.0 Å². The molecule has 4 N–H and O–H groups in total. The first-order chi connectivity index (χ1) is 20.2. The van der Waals surface area contributed by atoms with Crippen LogP contribution in [0.15, 0.2) is 23.2 Å². The maximum atomic E-state index is 13.8. The van der Waals surface area contributed by atoms with E-state index in [0.717, 1.165) is 10.6 Å². The minimum atomic E-state index is -4.23. The predicted molar refractivity (Wildman–Crippen MR) is 154 cm³/mol. The summed E-state index contributed by atoms with van der Waals surface area (Å²) in [5.74, 6) is -0.998. The summed E-state index contributed by atoms with van der Waals surface area (Å²) in [4.78, 5) is 38.6. The highest BCUT2D eigenvalue weighted by molar-refractivity contribution is 7.89. The molecular formula is C26H31ClN6O7S2. The molecule has 5 heterocycles. The van der Waals surface area contributed by atoms with Crippen LogP contribution in [0.3, 0.4) is 0 Å². The first-order valence-electron chi connectivity index (χ1n) is 13.7. The Morgan fingerprint density at radius 3 is 2.74 bits per heavy atom.